The van der Waals surface area contributed by atoms with Gasteiger partial charge in [-0.05, 0) is 51.6 Å². The molecule has 0 aromatic heterocycles. The molecular formula is C18H30ClN3O4S. The van der Waals surface area contributed by atoms with Crippen LogP contribution >= 0.6 is 12.4 Å². The molecular weight excluding hydrogens is 390 g/mol. The second-order valence-electron chi connectivity index (χ2n) is 6.77. The second-order valence-corrected chi connectivity index (χ2v) is 8.71. The van der Waals surface area contributed by atoms with E-state index in [1.807, 2.05) is 27.7 Å². The number of halogens is 1. The van der Waals surface area contributed by atoms with Gasteiger partial charge in [0, 0.05) is 31.2 Å². The Hall–Kier alpha value is -1.19. The molecule has 1 aliphatic heterocycles. The Bertz CT molecular complexity index is 702. The minimum Gasteiger partial charge on any atom is -0.373 e. The first-order valence-electron chi connectivity index (χ1n) is 9.01. The molecule has 0 radical (unpaired) electrons. The highest BCUT2D eigenvalue weighted by atomic mass is 35.5. The second kappa shape index (κ2) is 10.4. The predicted molar refractivity (Wildman–Crippen MR) is 108 cm³/mol. The van der Waals surface area contributed by atoms with Crippen LogP contribution in [-0.2, 0) is 14.8 Å². The van der Waals surface area contributed by atoms with Crippen molar-refractivity contribution in [3.63, 3.8) is 0 Å². The van der Waals surface area contributed by atoms with Crippen LogP contribution < -0.4 is 10.6 Å². The molecule has 1 aromatic carbocycles. The fourth-order valence-corrected chi connectivity index (χ4v) is 4.61. The predicted octanol–water partition coefficient (Wildman–Crippen LogP) is 1.63. The summed E-state index contributed by atoms with van der Waals surface area (Å²) >= 11 is 0. The average Bonchev–Trinajstić information content (AvgIpc) is 2.59. The smallest absolute Gasteiger partial charge is 0.251 e. The maximum absolute atomic E-state index is 12.8. The molecule has 1 saturated heterocycles. The number of nitrogens with one attached hydrogen (secondary N) is 2. The van der Waals surface area contributed by atoms with E-state index in [1.165, 1.54) is 16.4 Å². The van der Waals surface area contributed by atoms with Crippen molar-refractivity contribution < 1.29 is 17.9 Å². The van der Waals surface area contributed by atoms with Crippen LogP contribution in [0.3, 0.4) is 0 Å². The van der Waals surface area contributed by atoms with Gasteiger partial charge in [-0.3, -0.25) is 4.79 Å². The highest BCUT2D eigenvalue weighted by molar-refractivity contribution is 7.89. The molecule has 9 heteroatoms. The molecule has 0 saturated carbocycles. The lowest BCUT2D eigenvalue weighted by Crippen LogP contribution is -2.48. The molecule has 2 rings (SSSR count). The van der Waals surface area contributed by atoms with Gasteiger partial charge >= 0.3 is 0 Å². The van der Waals surface area contributed by atoms with Gasteiger partial charge in [0.15, 0.2) is 0 Å². The lowest BCUT2D eigenvalue weighted by Gasteiger charge is -2.34. The van der Waals surface area contributed by atoms with Gasteiger partial charge in [0.05, 0.1) is 17.1 Å². The Balaban J connectivity index is 0.00000364. The van der Waals surface area contributed by atoms with E-state index in [9.17, 15) is 13.2 Å². The first-order chi connectivity index (χ1) is 12.2. The zero-order valence-electron chi connectivity index (χ0n) is 16.3. The van der Waals surface area contributed by atoms with Crippen molar-refractivity contribution in [3.8, 4) is 0 Å². The van der Waals surface area contributed by atoms with Gasteiger partial charge in [-0.15, -0.1) is 12.4 Å². The van der Waals surface area contributed by atoms with E-state index in [-0.39, 0.29) is 41.5 Å². The Labute approximate surface area is 168 Å². The molecule has 0 aliphatic carbocycles. The molecule has 2 unspecified atom stereocenters. The third kappa shape index (κ3) is 6.43. The number of hydrogen-bond donors (Lipinski definition) is 2. The van der Waals surface area contributed by atoms with Crippen molar-refractivity contribution in [1.29, 1.82) is 0 Å². The molecule has 7 nitrogen and oxygen atoms in total. The highest BCUT2D eigenvalue weighted by Gasteiger charge is 2.32. The summed E-state index contributed by atoms with van der Waals surface area (Å²) in [6.45, 7) is 9.73. The minimum atomic E-state index is -3.59. The Kier molecular flexibility index (Phi) is 9.17. The number of benzene rings is 1. The quantitative estimate of drug-likeness (QED) is 0.701. The topological polar surface area (TPSA) is 87.7 Å². The number of hydrogen-bond acceptors (Lipinski definition) is 5. The number of nitrogens with zero attached hydrogens (tertiary/aromatic N) is 1. The molecule has 1 fully saturated rings. The normalized spacial score (nSPS) is 21.9. The van der Waals surface area contributed by atoms with E-state index in [1.54, 1.807) is 12.1 Å². The van der Waals surface area contributed by atoms with E-state index < -0.39 is 10.0 Å². The van der Waals surface area contributed by atoms with Crippen LogP contribution in [0.15, 0.2) is 29.2 Å². The maximum atomic E-state index is 12.8. The summed E-state index contributed by atoms with van der Waals surface area (Å²) in [6.07, 6.45) is -0.283. The molecule has 1 heterocycles. The summed E-state index contributed by atoms with van der Waals surface area (Å²) in [5.74, 6) is -0.215. The lowest BCUT2D eigenvalue weighted by molar-refractivity contribution is -0.0440. The number of carbonyl (C=O) groups is 1. The van der Waals surface area contributed by atoms with Gasteiger partial charge in [0.1, 0.15) is 0 Å². The van der Waals surface area contributed by atoms with E-state index in [2.05, 4.69) is 10.6 Å². The average molecular weight is 420 g/mol. The largest absolute Gasteiger partial charge is 0.373 e. The molecule has 1 amide bonds. The van der Waals surface area contributed by atoms with Gasteiger partial charge in [-0.25, -0.2) is 8.42 Å². The van der Waals surface area contributed by atoms with Crippen LogP contribution in [0.25, 0.3) is 0 Å². The molecule has 3 atom stereocenters. The van der Waals surface area contributed by atoms with Crippen LogP contribution in [0, 0.1) is 0 Å². The van der Waals surface area contributed by atoms with Crippen molar-refractivity contribution in [2.45, 2.75) is 50.8 Å². The summed E-state index contributed by atoms with van der Waals surface area (Å²) in [7, 11) is -3.59. The summed E-state index contributed by atoms with van der Waals surface area (Å²) in [6, 6.07) is 6.25. The number of rotatable bonds is 7. The van der Waals surface area contributed by atoms with Crippen molar-refractivity contribution in [2.75, 3.05) is 26.2 Å². The number of amides is 1. The lowest BCUT2D eigenvalue weighted by atomic mass is 10.2. The molecule has 1 aliphatic rings. The summed E-state index contributed by atoms with van der Waals surface area (Å²) in [5, 5.41) is 6.05. The third-order valence-electron chi connectivity index (χ3n) is 4.26. The minimum absolute atomic E-state index is 0. The monoisotopic (exact) mass is 419 g/mol. The zero-order valence-corrected chi connectivity index (χ0v) is 17.9. The molecule has 1 aromatic rings. The van der Waals surface area contributed by atoms with Gasteiger partial charge in [0.25, 0.3) is 5.91 Å². The van der Waals surface area contributed by atoms with Gasteiger partial charge in [0.2, 0.25) is 10.0 Å². The SMILES string of the molecule is CCN[C@H](C)CNC(=O)c1ccc(S(=O)(=O)N2CC(C)OC(C)C2)cc1.Cl. The molecule has 2 N–H and O–H groups in total. The fourth-order valence-electron chi connectivity index (χ4n) is 3.02. The first kappa shape index (κ1) is 23.8. The molecule has 154 valence electrons. The maximum Gasteiger partial charge on any atom is 0.251 e. The van der Waals surface area contributed by atoms with Crippen molar-refractivity contribution in [1.82, 2.24) is 14.9 Å². The van der Waals surface area contributed by atoms with Crippen molar-refractivity contribution in [2.24, 2.45) is 0 Å². The van der Waals surface area contributed by atoms with Crippen molar-refractivity contribution in [3.05, 3.63) is 29.8 Å². The van der Waals surface area contributed by atoms with Crippen LogP contribution in [0.1, 0.15) is 38.1 Å². The fraction of sp³-hybridized carbons (Fsp3) is 0.611. The third-order valence-corrected chi connectivity index (χ3v) is 6.11. The number of ether oxygens (including phenoxy) is 1. The molecule has 27 heavy (non-hydrogen) atoms. The summed E-state index contributed by atoms with van der Waals surface area (Å²) in [4.78, 5) is 12.4. The van der Waals surface area contributed by atoms with Crippen LogP contribution in [0.5, 0.6) is 0 Å². The van der Waals surface area contributed by atoms with E-state index in [0.29, 0.717) is 25.2 Å². The Morgan fingerprint density at radius 2 is 1.78 bits per heavy atom. The van der Waals surface area contributed by atoms with E-state index >= 15 is 0 Å². The van der Waals surface area contributed by atoms with Crippen LogP contribution in [-0.4, -0.2) is 63.1 Å². The van der Waals surface area contributed by atoms with E-state index in [0.717, 1.165) is 6.54 Å². The van der Waals surface area contributed by atoms with Gasteiger partial charge in [-0.2, -0.15) is 4.31 Å². The molecule has 0 spiro atoms. The number of likely N-dealkylation sites (N-methyl/N-ethyl adjacent to an activating group) is 1. The van der Waals surface area contributed by atoms with Crippen LogP contribution in [0.2, 0.25) is 0 Å². The summed E-state index contributed by atoms with van der Waals surface area (Å²) < 4.78 is 32.7. The molecule has 0 bridgehead atoms. The van der Waals surface area contributed by atoms with Gasteiger partial charge in [-0.1, -0.05) is 6.92 Å². The standard InChI is InChI=1S/C18H29N3O4S.ClH/c1-5-19-13(2)10-20-18(22)16-6-8-17(9-7-16)26(23,24)21-11-14(3)25-15(4)12-21;/h6-9,13-15,19H,5,10-12H2,1-4H3,(H,20,22);1H/t13-,14?,15?;/m1./s1. The Morgan fingerprint density at radius 1 is 1.22 bits per heavy atom. The number of carbonyl (C=O) groups excluding carboxylic acids is 1. The van der Waals surface area contributed by atoms with Crippen LogP contribution in [0.4, 0.5) is 0 Å². The first-order valence-corrected chi connectivity index (χ1v) is 10.4. The summed E-state index contributed by atoms with van der Waals surface area (Å²) in [5.41, 5.74) is 0.441. The zero-order chi connectivity index (χ0) is 19.3. The van der Waals surface area contributed by atoms with E-state index in [4.69, 9.17) is 4.74 Å². The van der Waals surface area contributed by atoms with Crippen molar-refractivity contribution >= 4 is 28.3 Å². The Morgan fingerprint density at radius 3 is 2.30 bits per heavy atom. The van der Waals surface area contributed by atoms with Gasteiger partial charge < -0.3 is 15.4 Å². The highest BCUT2D eigenvalue weighted by Crippen LogP contribution is 2.21. The number of morpholine rings is 1. The number of sulfonamides is 1.